The van der Waals surface area contributed by atoms with Crippen LogP contribution in [0.25, 0.3) is 0 Å². The molecular formula is C14H15ClO2. The molecule has 0 spiro atoms. The molecule has 0 fully saturated rings. The molecule has 0 heterocycles. The smallest absolute Gasteiger partial charge is 0.185 e. The second kappa shape index (κ2) is 7.80. The Morgan fingerprint density at radius 2 is 1.88 bits per heavy atom. The number of halogens is 1. The van der Waals surface area contributed by atoms with Crippen molar-refractivity contribution in [3.63, 3.8) is 0 Å². The molecule has 0 aliphatic heterocycles. The molecule has 17 heavy (non-hydrogen) atoms. The Kier molecular flexibility index (Phi) is 6.26. The lowest BCUT2D eigenvalue weighted by Gasteiger charge is -1.95. The number of hydrogen-bond acceptors (Lipinski definition) is 2. The summed E-state index contributed by atoms with van der Waals surface area (Å²) in [7, 11) is 0. The molecule has 0 saturated heterocycles. The van der Waals surface area contributed by atoms with Gasteiger partial charge < -0.3 is 0 Å². The summed E-state index contributed by atoms with van der Waals surface area (Å²) >= 11 is 5.37. The van der Waals surface area contributed by atoms with E-state index in [4.69, 9.17) is 11.6 Å². The van der Waals surface area contributed by atoms with Crippen molar-refractivity contribution in [2.24, 2.45) is 0 Å². The van der Waals surface area contributed by atoms with E-state index in [1.54, 1.807) is 24.3 Å². The zero-order valence-corrected chi connectivity index (χ0v) is 10.3. The molecule has 1 aromatic rings. The third-order valence-corrected chi connectivity index (χ3v) is 2.60. The van der Waals surface area contributed by atoms with E-state index in [-0.39, 0.29) is 17.4 Å². The van der Waals surface area contributed by atoms with Gasteiger partial charge in [0.1, 0.15) is 5.78 Å². The van der Waals surface area contributed by atoms with Crippen LogP contribution in [0.1, 0.15) is 29.6 Å². The Morgan fingerprint density at radius 3 is 2.53 bits per heavy atom. The molecule has 0 bridgehead atoms. The summed E-state index contributed by atoms with van der Waals surface area (Å²) in [5.74, 6) is 0.121. The summed E-state index contributed by atoms with van der Waals surface area (Å²) in [5, 5.41) is 0. The number of allylic oxidation sites excluding steroid dienone is 2. The lowest BCUT2D eigenvalue weighted by molar-refractivity contribution is -0.116. The molecule has 0 atom stereocenters. The average Bonchev–Trinajstić information content (AvgIpc) is 2.38. The van der Waals surface area contributed by atoms with Crippen molar-refractivity contribution in [3.8, 4) is 0 Å². The molecule has 0 amide bonds. The van der Waals surface area contributed by atoms with Gasteiger partial charge in [-0.1, -0.05) is 36.4 Å². The highest BCUT2D eigenvalue weighted by Crippen LogP contribution is 2.03. The maximum absolute atomic E-state index is 11.6. The minimum absolute atomic E-state index is 0.00531. The number of ketones is 2. The van der Waals surface area contributed by atoms with Gasteiger partial charge in [0.05, 0.1) is 5.88 Å². The van der Waals surface area contributed by atoms with E-state index in [2.05, 4.69) is 0 Å². The van der Waals surface area contributed by atoms with Crippen molar-refractivity contribution in [2.45, 2.75) is 19.3 Å². The minimum atomic E-state index is -0.00531. The van der Waals surface area contributed by atoms with Gasteiger partial charge in [0.25, 0.3) is 0 Å². The quantitative estimate of drug-likeness (QED) is 0.322. The Bertz CT molecular complexity index is 396. The summed E-state index contributed by atoms with van der Waals surface area (Å²) < 4.78 is 0. The fraction of sp³-hybridized carbons (Fsp3) is 0.286. The number of hydrogen-bond donors (Lipinski definition) is 0. The molecule has 0 N–H and O–H groups in total. The normalized spacial score (nSPS) is 10.6. The van der Waals surface area contributed by atoms with E-state index in [1.807, 2.05) is 18.2 Å². The van der Waals surface area contributed by atoms with Crippen LogP contribution in [0.3, 0.4) is 0 Å². The summed E-state index contributed by atoms with van der Waals surface area (Å²) in [4.78, 5) is 22.5. The van der Waals surface area contributed by atoms with Crippen molar-refractivity contribution >= 4 is 23.2 Å². The van der Waals surface area contributed by atoms with Gasteiger partial charge in [-0.3, -0.25) is 9.59 Å². The predicted octanol–water partition coefficient (Wildman–Crippen LogP) is 3.40. The minimum Gasteiger partial charge on any atom is -0.298 e. The largest absolute Gasteiger partial charge is 0.298 e. The van der Waals surface area contributed by atoms with Crippen LogP contribution in [-0.4, -0.2) is 17.4 Å². The predicted molar refractivity (Wildman–Crippen MR) is 69.5 cm³/mol. The molecule has 0 aliphatic carbocycles. The Hall–Kier alpha value is -1.41. The van der Waals surface area contributed by atoms with Crippen molar-refractivity contribution in [1.29, 1.82) is 0 Å². The molecule has 1 rings (SSSR count). The van der Waals surface area contributed by atoms with Gasteiger partial charge in [0, 0.05) is 12.0 Å². The van der Waals surface area contributed by atoms with Gasteiger partial charge in [-0.05, 0) is 18.9 Å². The van der Waals surface area contributed by atoms with E-state index in [0.717, 1.165) is 12.8 Å². The van der Waals surface area contributed by atoms with Crippen LogP contribution < -0.4 is 0 Å². The molecule has 0 aliphatic rings. The molecule has 1 aromatic carbocycles. The third-order valence-electron chi connectivity index (χ3n) is 2.30. The van der Waals surface area contributed by atoms with Crippen LogP contribution in [0.2, 0.25) is 0 Å². The number of unbranched alkanes of at least 4 members (excludes halogenated alkanes) is 1. The van der Waals surface area contributed by atoms with Gasteiger partial charge in [0.15, 0.2) is 5.78 Å². The molecule has 0 unspecified atom stereocenters. The van der Waals surface area contributed by atoms with Gasteiger partial charge in [-0.2, -0.15) is 0 Å². The second-order valence-corrected chi connectivity index (χ2v) is 3.96. The number of alkyl halides is 1. The van der Waals surface area contributed by atoms with Gasteiger partial charge in [0.2, 0.25) is 0 Å². The second-order valence-electron chi connectivity index (χ2n) is 3.70. The van der Waals surface area contributed by atoms with Crippen LogP contribution >= 0.6 is 11.6 Å². The van der Waals surface area contributed by atoms with E-state index in [9.17, 15) is 9.59 Å². The Morgan fingerprint density at radius 1 is 1.18 bits per heavy atom. The number of benzene rings is 1. The summed E-state index contributed by atoms with van der Waals surface area (Å²) in [5.41, 5.74) is 0.681. The van der Waals surface area contributed by atoms with Crippen LogP contribution in [0.15, 0.2) is 42.5 Å². The average molecular weight is 251 g/mol. The standard InChI is InChI=1S/C14H15ClO2/c15-11-13(16)9-5-2-6-10-14(17)12-7-3-1-4-8-12/h1,3-4,6-8,10H,2,5,9,11H2/b10-6+. The first-order valence-corrected chi connectivity index (χ1v) is 6.11. The molecule has 0 radical (unpaired) electrons. The maximum Gasteiger partial charge on any atom is 0.185 e. The van der Waals surface area contributed by atoms with E-state index < -0.39 is 0 Å². The fourth-order valence-corrected chi connectivity index (χ4v) is 1.51. The number of carbonyl (C=O) groups excluding carboxylic acids is 2. The van der Waals surface area contributed by atoms with E-state index >= 15 is 0 Å². The first kappa shape index (κ1) is 13.7. The molecule has 0 aromatic heterocycles. The molecule has 3 heteroatoms. The highest BCUT2D eigenvalue weighted by molar-refractivity contribution is 6.27. The van der Waals surface area contributed by atoms with E-state index in [1.165, 1.54) is 0 Å². The third kappa shape index (κ3) is 5.45. The molecule has 2 nitrogen and oxygen atoms in total. The maximum atomic E-state index is 11.6. The lowest BCUT2D eigenvalue weighted by atomic mass is 10.1. The summed E-state index contributed by atoms with van der Waals surface area (Å²) in [6.45, 7) is 0. The molecule has 90 valence electrons. The van der Waals surface area contributed by atoms with Crippen LogP contribution in [0, 0.1) is 0 Å². The van der Waals surface area contributed by atoms with Crippen molar-refractivity contribution in [1.82, 2.24) is 0 Å². The van der Waals surface area contributed by atoms with Crippen molar-refractivity contribution in [2.75, 3.05) is 5.88 Å². The lowest BCUT2D eigenvalue weighted by Crippen LogP contribution is -1.97. The van der Waals surface area contributed by atoms with Gasteiger partial charge in [-0.15, -0.1) is 11.6 Å². The van der Waals surface area contributed by atoms with Crippen LogP contribution in [0.4, 0.5) is 0 Å². The highest BCUT2D eigenvalue weighted by Gasteiger charge is 2.00. The zero-order chi connectivity index (χ0) is 12.5. The van der Waals surface area contributed by atoms with Crippen LogP contribution in [-0.2, 0) is 4.79 Å². The Balaban J connectivity index is 2.30. The van der Waals surface area contributed by atoms with Gasteiger partial charge >= 0.3 is 0 Å². The van der Waals surface area contributed by atoms with E-state index in [0.29, 0.717) is 12.0 Å². The highest BCUT2D eigenvalue weighted by atomic mass is 35.5. The topological polar surface area (TPSA) is 34.1 Å². The first-order chi connectivity index (χ1) is 8.24. The first-order valence-electron chi connectivity index (χ1n) is 5.57. The van der Waals surface area contributed by atoms with Gasteiger partial charge in [-0.25, -0.2) is 0 Å². The monoisotopic (exact) mass is 250 g/mol. The summed E-state index contributed by atoms with van der Waals surface area (Å²) in [6, 6.07) is 9.10. The number of rotatable bonds is 7. The molecular weight excluding hydrogens is 236 g/mol. The van der Waals surface area contributed by atoms with Crippen molar-refractivity contribution < 1.29 is 9.59 Å². The number of Topliss-reactive ketones (excluding diaryl/α,β-unsaturated/α-hetero) is 1. The Labute approximate surface area is 106 Å². The zero-order valence-electron chi connectivity index (χ0n) is 9.56. The molecule has 0 saturated carbocycles. The van der Waals surface area contributed by atoms with Crippen molar-refractivity contribution in [3.05, 3.63) is 48.0 Å². The number of carbonyl (C=O) groups is 2. The fourth-order valence-electron chi connectivity index (χ4n) is 1.37. The van der Waals surface area contributed by atoms with Crippen LogP contribution in [0.5, 0.6) is 0 Å². The SMILES string of the molecule is O=C(CCl)CCC/C=C/C(=O)c1ccccc1. The summed E-state index contributed by atoms with van der Waals surface area (Å²) in [6.07, 6.45) is 5.30.